The van der Waals surface area contributed by atoms with Gasteiger partial charge in [0.25, 0.3) is 11.6 Å². The van der Waals surface area contributed by atoms with Gasteiger partial charge in [-0.05, 0) is 65.1 Å². The lowest BCUT2D eigenvalue weighted by Gasteiger charge is -2.10. The van der Waals surface area contributed by atoms with Gasteiger partial charge in [0.15, 0.2) is 0 Å². The minimum atomic E-state index is -0.615. The Kier molecular flexibility index (Phi) is 5.48. The zero-order valence-corrected chi connectivity index (χ0v) is 18.3. The molecule has 0 spiro atoms. The largest absolute Gasteiger partial charge is 0.321 e. The van der Waals surface area contributed by atoms with Gasteiger partial charge in [0.05, 0.1) is 20.8 Å². The fourth-order valence-corrected chi connectivity index (χ4v) is 4.45. The number of para-hydroxylation sites is 1. The molecule has 3 aromatic carbocycles. The number of nitro groups is 1. The van der Waals surface area contributed by atoms with E-state index in [-0.39, 0.29) is 16.3 Å². The SMILES string of the molecule is O=C(Nc1ccc(I)cc1-c1nc2ccccc2s1)c1ccc(Cl)c([N+](=O)[O-])c1. The summed E-state index contributed by atoms with van der Waals surface area (Å²) in [5, 5.41) is 14.7. The molecule has 29 heavy (non-hydrogen) atoms. The summed E-state index contributed by atoms with van der Waals surface area (Å²) in [6, 6.07) is 17.4. The predicted molar refractivity (Wildman–Crippen MR) is 124 cm³/mol. The number of aromatic nitrogens is 1. The molecule has 1 amide bonds. The van der Waals surface area contributed by atoms with Crippen LogP contribution in [0.2, 0.25) is 5.02 Å². The second kappa shape index (κ2) is 8.05. The zero-order valence-electron chi connectivity index (χ0n) is 14.6. The van der Waals surface area contributed by atoms with Crippen molar-refractivity contribution in [1.82, 2.24) is 4.98 Å². The number of carbonyl (C=O) groups excluding carboxylic acids is 1. The predicted octanol–water partition coefficient (Wildman–Crippen LogP) is 6.38. The molecule has 4 rings (SSSR count). The van der Waals surface area contributed by atoms with Gasteiger partial charge in [-0.25, -0.2) is 4.98 Å². The number of fused-ring (bicyclic) bond motifs is 1. The third-order valence-electron chi connectivity index (χ3n) is 4.16. The van der Waals surface area contributed by atoms with Gasteiger partial charge >= 0.3 is 0 Å². The van der Waals surface area contributed by atoms with Crippen LogP contribution in [0.3, 0.4) is 0 Å². The molecule has 0 aliphatic rings. The lowest BCUT2D eigenvalue weighted by atomic mass is 10.1. The van der Waals surface area contributed by atoms with Crippen molar-refractivity contribution in [2.75, 3.05) is 5.32 Å². The van der Waals surface area contributed by atoms with E-state index < -0.39 is 10.8 Å². The maximum absolute atomic E-state index is 12.7. The third-order valence-corrected chi connectivity index (χ3v) is 6.22. The first-order chi connectivity index (χ1) is 13.9. The van der Waals surface area contributed by atoms with Crippen molar-refractivity contribution < 1.29 is 9.72 Å². The lowest BCUT2D eigenvalue weighted by molar-refractivity contribution is -0.384. The standard InChI is InChI=1S/C20H11ClIN3O3S/c21-14-7-5-11(9-17(14)25(27)28)19(26)23-15-8-6-12(22)10-13(15)20-24-16-3-1-2-4-18(16)29-20/h1-10H,(H,23,26). The van der Waals surface area contributed by atoms with Crippen LogP contribution in [-0.2, 0) is 0 Å². The van der Waals surface area contributed by atoms with Gasteiger partial charge < -0.3 is 5.32 Å². The van der Waals surface area contributed by atoms with Crippen molar-refractivity contribution in [2.24, 2.45) is 0 Å². The first-order valence-corrected chi connectivity index (χ1v) is 10.6. The molecule has 1 N–H and O–H groups in total. The summed E-state index contributed by atoms with van der Waals surface area (Å²) in [6.45, 7) is 0. The van der Waals surface area contributed by atoms with Gasteiger partial charge in [0.2, 0.25) is 0 Å². The van der Waals surface area contributed by atoms with Gasteiger partial charge in [0, 0.05) is 20.8 Å². The number of thiazole rings is 1. The number of carbonyl (C=O) groups is 1. The highest BCUT2D eigenvalue weighted by molar-refractivity contribution is 14.1. The summed E-state index contributed by atoms with van der Waals surface area (Å²) in [5.74, 6) is -0.465. The van der Waals surface area contributed by atoms with Crippen LogP contribution in [0.4, 0.5) is 11.4 Å². The molecular weight excluding hydrogens is 525 g/mol. The molecule has 0 atom stereocenters. The first-order valence-electron chi connectivity index (χ1n) is 8.33. The molecule has 4 aromatic rings. The molecule has 0 fully saturated rings. The van der Waals surface area contributed by atoms with E-state index in [1.807, 2.05) is 36.4 Å². The average Bonchev–Trinajstić information content (AvgIpc) is 3.13. The zero-order chi connectivity index (χ0) is 20.5. The molecule has 6 nitrogen and oxygen atoms in total. The number of amides is 1. The van der Waals surface area contributed by atoms with E-state index in [0.717, 1.165) is 24.4 Å². The van der Waals surface area contributed by atoms with E-state index in [2.05, 4.69) is 32.9 Å². The fraction of sp³-hybridized carbons (Fsp3) is 0. The van der Waals surface area contributed by atoms with Gasteiger partial charge in [-0.3, -0.25) is 14.9 Å². The molecule has 0 radical (unpaired) electrons. The Morgan fingerprint density at radius 2 is 1.93 bits per heavy atom. The molecule has 9 heteroatoms. The molecule has 0 aliphatic heterocycles. The normalized spacial score (nSPS) is 10.8. The Balaban J connectivity index is 1.72. The first kappa shape index (κ1) is 19.7. The Bertz CT molecular complexity index is 1240. The molecule has 1 heterocycles. The van der Waals surface area contributed by atoms with E-state index in [1.54, 1.807) is 6.07 Å². The molecule has 0 bridgehead atoms. The fourth-order valence-electron chi connectivity index (χ4n) is 2.78. The minimum Gasteiger partial charge on any atom is -0.321 e. The van der Waals surface area contributed by atoms with Crippen molar-refractivity contribution in [3.05, 3.63) is 84.9 Å². The van der Waals surface area contributed by atoms with E-state index in [1.165, 1.54) is 29.5 Å². The smallest absolute Gasteiger partial charge is 0.288 e. The second-order valence-electron chi connectivity index (χ2n) is 6.05. The van der Waals surface area contributed by atoms with Crippen LogP contribution in [0.1, 0.15) is 10.4 Å². The Labute approximate surface area is 187 Å². The Morgan fingerprint density at radius 1 is 1.14 bits per heavy atom. The number of benzene rings is 3. The number of anilines is 1. The van der Waals surface area contributed by atoms with Crippen LogP contribution < -0.4 is 5.32 Å². The van der Waals surface area contributed by atoms with Crippen LogP contribution in [0.5, 0.6) is 0 Å². The second-order valence-corrected chi connectivity index (χ2v) is 8.74. The number of hydrogen-bond acceptors (Lipinski definition) is 5. The van der Waals surface area contributed by atoms with Gasteiger partial charge in [-0.15, -0.1) is 11.3 Å². The maximum atomic E-state index is 12.7. The Morgan fingerprint density at radius 3 is 2.69 bits per heavy atom. The third kappa shape index (κ3) is 4.09. The Hall–Kier alpha value is -2.56. The molecule has 1 aromatic heterocycles. The number of rotatable bonds is 4. The molecule has 0 unspecified atom stereocenters. The van der Waals surface area contributed by atoms with E-state index in [9.17, 15) is 14.9 Å². The van der Waals surface area contributed by atoms with Gasteiger partial charge in [0.1, 0.15) is 10.0 Å². The lowest BCUT2D eigenvalue weighted by Crippen LogP contribution is -2.13. The van der Waals surface area contributed by atoms with Crippen LogP contribution >= 0.6 is 45.5 Å². The highest BCUT2D eigenvalue weighted by Gasteiger charge is 2.18. The van der Waals surface area contributed by atoms with Crippen LogP contribution in [-0.4, -0.2) is 15.8 Å². The number of halogens is 2. The summed E-state index contributed by atoms with van der Waals surface area (Å²) in [4.78, 5) is 27.9. The molecular formula is C20H11ClIN3O3S. The molecule has 0 saturated carbocycles. The minimum absolute atomic E-state index is 0.0176. The highest BCUT2D eigenvalue weighted by Crippen LogP contribution is 2.36. The van der Waals surface area contributed by atoms with Crippen molar-refractivity contribution in [3.63, 3.8) is 0 Å². The summed E-state index contributed by atoms with van der Waals surface area (Å²) in [6.07, 6.45) is 0. The highest BCUT2D eigenvalue weighted by atomic mass is 127. The van der Waals surface area contributed by atoms with Crippen molar-refractivity contribution in [1.29, 1.82) is 0 Å². The summed E-state index contributed by atoms with van der Waals surface area (Å²) >= 11 is 9.57. The summed E-state index contributed by atoms with van der Waals surface area (Å²) < 4.78 is 2.05. The van der Waals surface area contributed by atoms with Crippen LogP contribution in [0.15, 0.2) is 60.7 Å². The summed E-state index contributed by atoms with van der Waals surface area (Å²) in [7, 11) is 0. The van der Waals surface area contributed by atoms with Crippen LogP contribution in [0.25, 0.3) is 20.8 Å². The topological polar surface area (TPSA) is 85.1 Å². The van der Waals surface area contributed by atoms with E-state index in [0.29, 0.717) is 5.69 Å². The van der Waals surface area contributed by atoms with Crippen molar-refractivity contribution in [3.8, 4) is 10.6 Å². The van der Waals surface area contributed by atoms with E-state index >= 15 is 0 Å². The maximum Gasteiger partial charge on any atom is 0.288 e. The molecule has 144 valence electrons. The average molecular weight is 536 g/mol. The quantitative estimate of drug-likeness (QED) is 0.187. The van der Waals surface area contributed by atoms with Crippen molar-refractivity contribution >= 4 is 73.0 Å². The number of nitro benzene ring substituents is 1. The summed E-state index contributed by atoms with van der Waals surface area (Å²) in [5.41, 5.74) is 2.09. The molecule has 0 aliphatic carbocycles. The monoisotopic (exact) mass is 535 g/mol. The van der Waals surface area contributed by atoms with E-state index in [4.69, 9.17) is 11.6 Å². The number of nitrogens with one attached hydrogen (secondary N) is 1. The van der Waals surface area contributed by atoms with Gasteiger partial charge in [-0.2, -0.15) is 0 Å². The number of hydrogen-bond donors (Lipinski definition) is 1. The van der Waals surface area contributed by atoms with Crippen LogP contribution in [0, 0.1) is 13.7 Å². The van der Waals surface area contributed by atoms with Crippen molar-refractivity contribution in [2.45, 2.75) is 0 Å². The number of nitrogens with zero attached hydrogens (tertiary/aromatic N) is 2. The molecule has 0 saturated heterocycles. The van der Waals surface area contributed by atoms with Gasteiger partial charge in [-0.1, -0.05) is 23.7 Å².